The number of hydrogen-bond acceptors (Lipinski definition) is 8. The Morgan fingerprint density at radius 2 is 2.14 bits per heavy atom. The normalized spacial score (nSPS) is 17.9. The molecule has 11 heteroatoms. The Labute approximate surface area is 162 Å². The fourth-order valence-corrected chi connectivity index (χ4v) is 3.58. The van der Waals surface area contributed by atoms with Crippen LogP contribution in [0.1, 0.15) is 5.69 Å². The summed E-state index contributed by atoms with van der Waals surface area (Å²) in [6.45, 7) is 3.84. The Hall–Kier alpha value is -2.63. The van der Waals surface area contributed by atoms with Crippen molar-refractivity contribution < 1.29 is 13.2 Å². The van der Waals surface area contributed by atoms with Crippen molar-refractivity contribution in [3.8, 4) is 11.4 Å². The third-order valence-corrected chi connectivity index (χ3v) is 5.14. The third-order valence-electron chi connectivity index (χ3n) is 4.45. The van der Waals surface area contributed by atoms with Gasteiger partial charge in [0.1, 0.15) is 17.8 Å². The van der Waals surface area contributed by atoms with Gasteiger partial charge in [-0.2, -0.15) is 5.10 Å². The summed E-state index contributed by atoms with van der Waals surface area (Å²) < 4.78 is 32.6. The molecule has 1 unspecified atom stereocenters. The summed E-state index contributed by atoms with van der Waals surface area (Å²) in [7, 11) is -3.26. The van der Waals surface area contributed by atoms with E-state index in [-0.39, 0.29) is 12.6 Å². The molecule has 1 fully saturated rings. The molecule has 0 bridgehead atoms. The molecular formula is C17H21N7O3S. The number of anilines is 1. The van der Waals surface area contributed by atoms with Gasteiger partial charge in [-0.1, -0.05) is 0 Å². The van der Waals surface area contributed by atoms with Gasteiger partial charge in [-0.05, 0) is 19.1 Å². The highest BCUT2D eigenvalue weighted by Gasteiger charge is 2.23. The molecule has 3 aromatic rings. The van der Waals surface area contributed by atoms with Gasteiger partial charge in [0.15, 0.2) is 5.65 Å². The highest BCUT2D eigenvalue weighted by molar-refractivity contribution is 7.88. The van der Waals surface area contributed by atoms with E-state index < -0.39 is 10.0 Å². The van der Waals surface area contributed by atoms with Crippen LogP contribution in [0.25, 0.3) is 17.0 Å². The highest BCUT2D eigenvalue weighted by Crippen LogP contribution is 2.22. The average Bonchev–Trinajstić information content (AvgIpc) is 3.09. The number of hydrogen-bond donors (Lipinski definition) is 1. The molecule has 1 aliphatic rings. The Balaban J connectivity index is 1.57. The Morgan fingerprint density at radius 3 is 2.96 bits per heavy atom. The number of nitrogens with zero attached hydrogens (tertiary/aromatic N) is 6. The van der Waals surface area contributed by atoms with Crippen LogP contribution in [-0.4, -0.2) is 71.6 Å². The van der Waals surface area contributed by atoms with E-state index in [4.69, 9.17) is 4.74 Å². The van der Waals surface area contributed by atoms with Gasteiger partial charge in [0.25, 0.3) is 0 Å². The molecule has 3 aromatic heterocycles. The predicted molar refractivity (Wildman–Crippen MR) is 104 cm³/mol. The first-order valence-electron chi connectivity index (χ1n) is 8.84. The number of rotatable bonds is 5. The topological polar surface area (TPSA) is 115 Å². The van der Waals surface area contributed by atoms with Crippen LogP contribution in [0.3, 0.4) is 0 Å². The van der Waals surface area contributed by atoms with Gasteiger partial charge in [-0.25, -0.2) is 32.6 Å². The Kier molecular flexibility index (Phi) is 4.96. The van der Waals surface area contributed by atoms with Crippen molar-refractivity contribution in [2.75, 3.05) is 37.4 Å². The summed E-state index contributed by atoms with van der Waals surface area (Å²) in [4.78, 5) is 15.2. The highest BCUT2D eigenvalue weighted by atomic mass is 32.2. The number of morpholine rings is 1. The number of aromatic nitrogens is 5. The quantitative estimate of drug-likeness (QED) is 0.645. The molecule has 1 aliphatic heterocycles. The van der Waals surface area contributed by atoms with E-state index >= 15 is 0 Å². The lowest BCUT2D eigenvalue weighted by Gasteiger charge is -2.33. The lowest BCUT2D eigenvalue weighted by molar-refractivity contribution is 0.0440. The molecule has 10 nitrogen and oxygen atoms in total. The minimum absolute atomic E-state index is 0.226. The first-order valence-corrected chi connectivity index (χ1v) is 10.7. The Morgan fingerprint density at radius 1 is 1.29 bits per heavy atom. The van der Waals surface area contributed by atoms with E-state index in [2.05, 4.69) is 29.7 Å². The summed E-state index contributed by atoms with van der Waals surface area (Å²) in [5.74, 6) is 0.750. The van der Waals surface area contributed by atoms with Crippen LogP contribution in [0, 0.1) is 6.92 Å². The summed E-state index contributed by atoms with van der Waals surface area (Å²) >= 11 is 0. The molecule has 0 radical (unpaired) electrons. The lowest BCUT2D eigenvalue weighted by atomic mass is 10.2. The first-order chi connectivity index (χ1) is 13.4. The van der Waals surface area contributed by atoms with Crippen LogP contribution >= 0.6 is 0 Å². The van der Waals surface area contributed by atoms with E-state index in [1.165, 1.54) is 6.33 Å². The third kappa shape index (κ3) is 4.11. The summed E-state index contributed by atoms with van der Waals surface area (Å²) in [5, 5.41) is 4.51. The summed E-state index contributed by atoms with van der Waals surface area (Å²) in [6.07, 6.45) is 4.14. The lowest BCUT2D eigenvalue weighted by Crippen LogP contribution is -2.47. The second kappa shape index (κ2) is 7.41. The molecule has 0 amide bonds. The molecule has 1 atom stereocenters. The average molecular weight is 403 g/mol. The number of nitrogens with one attached hydrogen (secondary N) is 1. The van der Waals surface area contributed by atoms with Gasteiger partial charge in [-0.15, -0.1) is 0 Å². The molecule has 4 heterocycles. The van der Waals surface area contributed by atoms with Gasteiger partial charge in [0.2, 0.25) is 10.0 Å². The van der Waals surface area contributed by atoms with E-state index in [0.717, 1.165) is 29.1 Å². The monoisotopic (exact) mass is 403 g/mol. The number of sulfonamides is 1. The molecule has 28 heavy (non-hydrogen) atoms. The van der Waals surface area contributed by atoms with Crippen LogP contribution in [0.2, 0.25) is 0 Å². The number of fused-ring (bicyclic) bond motifs is 1. The molecule has 4 rings (SSSR count). The molecule has 0 aliphatic carbocycles. The van der Waals surface area contributed by atoms with Crippen LogP contribution in [-0.2, 0) is 14.8 Å². The standard InChI is InChI=1S/C17H21N7O3S/c1-12-3-4-16-18-9-15(24(16)22-12)14-7-17(20-11-19-14)23-5-6-27-13(10-23)8-21-28(2,25)26/h3-4,7,9,11,13,21H,5-6,8,10H2,1-2H3. The van der Waals surface area contributed by atoms with Gasteiger partial charge < -0.3 is 9.64 Å². The zero-order valence-corrected chi connectivity index (χ0v) is 16.4. The maximum atomic E-state index is 11.3. The molecule has 148 valence electrons. The molecular weight excluding hydrogens is 382 g/mol. The fraction of sp³-hybridized carbons (Fsp3) is 0.412. The fourth-order valence-electron chi connectivity index (χ4n) is 3.09. The molecule has 1 N–H and O–H groups in total. The van der Waals surface area contributed by atoms with E-state index in [1.54, 1.807) is 10.7 Å². The smallest absolute Gasteiger partial charge is 0.208 e. The van der Waals surface area contributed by atoms with Gasteiger partial charge in [0, 0.05) is 25.7 Å². The number of ether oxygens (including phenoxy) is 1. The summed E-state index contributed by atoms with van der Waals surface area (Å²) in [5.41, 5.74) is 3.13. The second-order valence-electron chi connectivity index (χ2n) is 6.71. The molecule has 0 saturated carbocycles. The minimum atomic E-state index is -3.26. The molecule has 0 spiro atoms. The zero-order chi connectivity index (χ0) is 19.7. The van der Waals surface area contributed by atoms with E-state index in [1.807, 2.05) is 25.1 Å². The maximum absolute atomic E-state index is 11.3. The van der Waals surface area contributed by atoms with Gasteiger partial charge >= 0.3 is 0 Å². The van der Waals surface area contributed by atoms with Crippen molar-refractivity contribution in [3.63, 3.8) is 0 Å². The summed E-state index contributed by atoms with van der Waals surface area (Å²) in [6, 6.07) is 5.71. The van der Waals surface area contributed by atoms with Gasteiger partial charge in [0.05, 0.1) is 36.6 Å². The van der Waals surface area contributed by atoms with Crippen molar-refractivity contribution in [2.24, 2.45) is 0 Å². The first kappa shape index (κ1) is 18.7. The number of aryl methyl sites for hydroxylation is 1. The van der Waals surface area contributed by atoms with Crippen LogP contribution in [0.15, 0.2) is 30.7 Å². The zero-order valence-electron chi connectivity index (χ0n) is 15.6. The van der Waals surface area contributed by atoms with Crippen molar-refractivity contribution in [1.29, 1.82) is 0 Å². The van der Waals surface area contributed by atoms with Crippen molar-refractivity contribution in [1.82, 2.24) is 29.3 Å². The molecule has 1 saturated heterocycles. The van der Waals surface area contributed by atoms with Crippen LogP contribution in [0.4, 0.5) is 5.82 Å². The minimum Gasteiger partial charge on any atom is -0.373 e. The van der Waals surface area contributed by atoms with Crippen molar-refractivity contribution in [3.05, 3.63) is 36.4 Å². The van der Waals surface area contributed by atoms with E-state index in [0.29, 0.717) is 25.4 Å². The Bertz CT molecular complexity index is 1100. The predicted octanol–water partition coefficient (Wildman–Crippen LogP) is 0.249. The second-order valence-corrected chi connectivity index (χ2v) is 8.54. The number of imidazole rings is 1. The van der Waals surface area contributed by atoms with Crippen LogP contribution < -0.4 is 9.62 Å². The van der Waals surface area contributed by atoms with Crippen molar-refractivity contribution >= 4 is 21.5 Å². The van der Waals surface area contributed by atoms with E-state index in [9.17, 15) is 8.42 Å². The SMILES string of the molecule is Cc1ccc2ncc(-c3cc(N4CCOC(CNS(C)(=O)=O)C4)ncn3)n2n1. The van der Waals surface area contributed by atoms with Crippen molar-refractivity contribution in [2.45, 2.75) is 13.0 Å². The van der Waals surface area contributed by atoms with Gasteiger partial charge in [-0.3, -0.25) is 0 Å². The maximum Gasteiger partial charge on any atom is 0.208 e. The van der Waals surface area contributed by atoms with Crippen LogP contribution in [0.5, 0.6) is 0 Å². The molecule has 0 aromatic carbocycles. The largest absolute Gasteiger partial charge is 0.373 e.